The third-order valence-electron chi connectivity index (χ3n) is 5.19. The normalized spacial score (nSPS) is 18.0. The highest BCUT2D eigenvalue weighted by Crippen LogP contribution is 2.13. The van der Waals surface area contributed by atoms with Crippen molar-refractivity contribution in [2.24, 2.45) is 0 Å². The van der Waals surface area contributed by atoms with Gasteiger partial charge in [0.25, 0.3) is 0 Å². The Hall–Kier alpha value is -2.66. The van der Waals surface area contributed by atoms with Crippen LogP contribution in [0.3, 0.4) is 0 Å². The monoisotopic (exact) mass is 379 g/mol. The largest absolute Gasteiger partial charge is 0.350 e. The number of aryl methyl sites for hydroxylation is 1. The molecule has 0 aromatic heterocycles. The highest BCUT2D eigenvalue weighted by Gasteiger charge is 2.30. The summed E-state index contributed by atoms with van der Waals surface area (Å²) in [5.41, 5.74) is 2.34. The number of amides is 2. The van der Waals surface area contributed by atoms with Crippen molar-refractivity contribution in [2.75, 3.05) is 19.6 Å². The molecule has 2 aromatic rings. The molecule has 28 heavy (non-hydrogen) atoms. The molecule has 2 unspecified atom stereocenters. The molecule has 2 aromatic carbocycles. The first-order valence-corrected chi connectivity index (χ1v) is 10.0. The molecule has 148 valence electrons. The second kappa shape index (κ2) is 10.0. The molecule has 0 spiro atoms. The van der Waals surface area contributed by atoms with Gasteiger partial charge in [-0.15, -0.1) is 0 Å². The molecule has 5 nitrogen and oxygen atoms in total. The number of nitrogens with zero attached hydrogens (tertiary/aromatic N) is 1. The molecule has 1 aliphatic heterocycles. The van der Waals surface area contributed by atoms with E-state index in [0.29, 0.717) is 6.54 Å². The van der Waals surface area contributed by atoms with Gasteiger partial charge in [0.05, 0.1) is 18.5 Å². The summed E-state index contributed by atoms with van der Waals surface area (Å²) in [5.74, 6) is -0.0739. The van der Waals surface area contributed by atoms with Crippen LogP contribution in [-0.4, -0.2) is 42.4 Å². The molecule has 0 aliphatic carbocycles. The summed E-state index contributed by atoms with van der Waals surface area (Å²) in [6, 6.07) is 19.6. The van der Waals surface area contributed by atoms with Crippen molar-refractivity contribution in [1.29, 1.82) is 0 Å². The van der Waals surface area contributed by atoms with Gasteiger partial charge in [-0.3, -0.25) is 9.59 Å². The number of piperazine rings is 1. The van der Waals surface area contributed by atoms with Crippen molar-refractivity contribution in [3.8, 4) is 0 Å². The third kappa shape index (κ3) is 5.67. The second-order valence-electron chi connectivity index (χ2n) is 7.33. The lowest BCUT2D eigenvalue weighted by Crippen LogP contribution is -2.56. The van der Waals surface area contributed by atoms with Crippen LogP contribution in [0.2, 0.25) is 0 Å². The summed E-state index contributed by atoms with van der Waals surface area (Å²) in [6.45, 7) is 4.11. The van der Waals surface area contributed by atoms with Gasteiger partial charge in [-0.25, -0.2) is 0 Å². The first-order chi connectivity index (χ1) is 13.6. The fourth-order valence-electron chi connectivity index (χ4n) is 3.60. The third-order valence-corrected chi connectivity index (χ3v) is 5.19. The Morgan fingerprint density at radius 1 is 1.14 bits per heavy atom. The lowest BCUT2D eigenvalue weighted by atomic mass is 10.1. The van der Waals surface area contributed by atoms with E-state index in [2.05, 4.69) is 22.8 Å². The summed E-state index contributed by atoms with van der Waals surface area (Å²) in [4.78, 5) is 27.1. The first kappa shape index (κ1) is 20.1. The topological polar surface area (TPSA) is 61.4 Å². The molecule has 0 radical (unpaired) electrons. The molecule has 5 heteroatoms. The van der Waals surface area contributed by atoms with Gasteiger partial charge in [0.15, 0.2) is 0 Å². The van der Waals surface area contributed by atoms with Gasteiger partial charge >= 0.3 is 0 Å². The minimum atomic E-state index is -0.437. The summed E-state index contributed by atoms with van der Waals surface area (Å²) in [5, 5.41) is 6.19. The van der Waals surface area contributed by atoms with Crippen molar-refractivity contribution in [1.82, 2.24) is 15.5 Å². The maximum absolute atomic E-state index is 12.7. The Labute approximate surface area is 167 Å². The highest BCUT2D eigenvalue weighted by molar-refractivity contribution is 5.89. The lowest BCUT2D eigenvalue weighted by molar-refractivity contribution is -0.138. The maximum atomic E-state index is 12.7. The van der Waals surface area contributed by atoms with E-state index < -0.39 is 6.04 Å². The minimum absolute atomic E-state index is 0.0295. The summed E-state index contributed by atoms with van der Waals surface area (Å²) in [7, 11) is 0. The predicted octanol–water partition coefficient (Wildman–Crippen LogP) is 2.69. The lowest BCUT2D eigenvalue weighted by Gasteiger charge is -2.33. The van der Waals surface area contributed by atoms with Crippen LogP contribution in [0.25, 0.3) is 0 Å². The van der Waals surface area contributed by atoms with Crippen LogP contribution in [0.15, 0.2) is 60.7 Å². The summed E-state index contributed by atoms with van der Waals surface area (Å²) < 4.78 is 0. The number of benzene rings is 2. The quantitative estimate of drug-likeness (QED) is 0.741. The minimum Gasteiger partial charge on any atom is -0.350 e. The second-order valence-corrected chi connectivity index (χ2v) is 7.33. The van der Waals surface area contributed by atoms with Gasteiger partial charge in [0.1, 0.15) is 0 Å². The maximum Gasteiger partial charge on any atom is 0.240 e. The Morgan fingerprint density at radius 3 is 2.54 bits per heavy atom. The smallest absolute Gasteiger partial charge is 0.240 e. The molecule has 0 saturated carbocycles. The van der Waals surface area contributed by atoms with Crippen molar-refractivity contribution >= 4 is 11.8 Å². The number of hydrogen-bond acceptors (Lipinski definition) is 3. The average molecular weight is 380 g/mol. The number of hydrogen-bond donors (Lipinski definition) is 2. The SMILES string of the molecule is CC(NC(=O)CC1NCCN(CCCc2ccccc2)C1=O)c1ccccc1. The van der Waals surface area contributed by atoms with E-state index in [1.54, 1.807) is 0 Å². The van der Waals surface area contributed by atoms with E-state index in [-0.39, 0.29) is 24.3 Å². The van der Waals surface area contributed by atoms with E-state index in [4.69, 9.17) is 0 Å². The van der Waals surface area contributed by atoms with Crippen molar-refractivity contribution in [3.05, 3.63) is 71.8 Å². The molecule has 1 fully saturated rings. The zero-order valence-electron chi connectivity index (χ0n) is 16.4. The zero-order valence-corrected chi connectivity index (χ0v) is 16.4. The Bertz CT molecular complexity index is 764. The first-order valence-electron chi connectivity index (χ1n) is 10.0. The van der Waals surface area contributed by atoms with E-state index in [0.717, 1.165) is 31.5 Å². The summed E-state index contributed by atoms with van der Waals surface area (Å²) in [6.07, 6.45) is 2.06. The van der Waals surface area contributed by atoms with Gasteiger partial charge in [-0.2, -0.15) is 0 Å². The van der Waals surface area contributed by atoms with Crippen LogP contribution < -0.4 is 10.6 Å². The molecular weight excluding hydrogens is 350 g/mol. The van der Waals surface area contributed by atoms with Gasteiger partial charge in [0, 0.05) is 19.6 Å². The van der Waals surface area contributed by atoms with Gasteiger partial charge in [0.2, 0.25) is 11.8 Å². The number of nitrogens with one attached hydrogen (secondary N) is 2. The molecular formula is C23H29N3O2. The Balaban J connectivity index is 1.46. The highest BCUT2D eigenvalue weighted by atomic mass is 16.2. The molecule has 2 atom stereocenters. The van der Waals surface area contributed by atoms with Crippen LogP contribution in [-0.2, 0) is 16.0 Å². The number of carbonyl (C=O) groups excluding carboxylic acids is 2. The van der Waals surface area contributed by atoms with Crippen molar-refractivity contribution in [3.63, 3.8) is 0 Å². The number of rotatable bonds is 8. The fraction of sp³-hybridized carbons (Fsp3) is 0.391. The molecule has 3 rings (SSSR count). The molecule has 1 heterocycles. The van der Waals surface area contributed by atoms with Crippen LogP contribution in [0.4, 0.5) is 0 Å². The van der Waals surface area contributed by atoms with Crippen LogP contribution in [0.5, 0.6) is 0 Å². The van der Waals surface area contributed by atoms with E-state index in [1.165, 1.54) is 5.56 Å². The Morgan fingerprint density at radius 2 is 1.82 bits per heavy atom. The average Bonchev–Trinajstić information content (AvgIpc) is 2.72. The van der Waals surface area contributed by atoms with Gasteiger partial charge in [-0.05, 0) is 30.9 Å². The van der Waals surface area contributed by atoms with Crippen molar-refractivity contribution in [2.45, 2.75) is 38.3 Å². The molecule has 0 bridgehead atoms. The van der Waals surface area contributed by atoms with Crippen LogP contribution in [0, 0.1) is 0 Å². The van der Waals surface area contributed by atoms with Gasteiger partial charge in [-0.1, -0.05) is 60.7 Å². The molecule has 1 aliphatic rings. The van der Waals surface area contributed by atoms with Crippen LogP contribution >= 0.6 is 0 Å². The zero-order chi connectivity index (χ0) is 19.8. The fourth-order valence-corrected chi connectivity index (χ4v) is 3.60. The predicted molar refractivity (Wildman–Crippen MR) is 111 cm³/mol. The van der Waals surface area contributed by atoms with Crippen LogP contribution in [0.1, 0.15) is 36.9 Å². The molecule has 2 amide bonds. The van der Waals surface area contributed by atoms with Gasteiger partial charge < -0.3 is 15.5 Å². The van der Waals surface area contributed by atoms with E-state index in [1.807, 2.05) is 60.4 Å². The van der Waals surface area contributed by atoms with Crippen molar-refractivity contribution < 1.29 is 9.59 Å². The molecule has 1 saturated heterocycles. The van der Waals surface area contributed by atoms with E-state index >= 15 is 0 Å². The number of carbonyl (C=O) groups is 2. The standard InChI is InChI=1S/C23H29N3O2/c1-18(20-12-6-3-7-13-20)25-22(27)17-21-23(28)26(16-14-24-21)15-8-11-19-9-4-2-5-10-19/h2-7,9-10,12-13,18,21,24H,8,11,14-17H2,1H3,(H,25,27). The molecule has 2 N–H and O–H groups in total. The van der Waals surface area contributed by atoms with E-state index in [9.17, 15) is 9.59 Å². The summed E-state index contributed by atoms with van der Waals surface area (Å²) >= 11 is 0. The Kier molecular flexibility index (Phi) is 7.20.